The number of nitrogens with zero attached hydrogens (tertiary/aromatic N) is 2. The zero-order valence-electron chi connectivity index (χ0n) is 36.8. The Labute approximate surface area is 391 Å². The number of allylic oxidation sites excluding steroid dienone is 2. The first-order chi connectivity index (χ1) is 33.3. The van der Waals surface area contributed by atoms with Crippen molar-refractivity contribution in [3.05, 3.63) is 289 Å². The lowest BCUT2D eigenvalue weighted by Crippen LogP contribution is -2.59. The zero-order valence-corrected chi connectivity index (χ0v) is 37.8. The standard InChI is InChI=1S/C64H44N2Si/c1-5-21-45(22-6-1)61-62(46-23-7-2-8-24-46)64(48-27-11-4-12-28-48)67(63(61)47-25-9-3-10-26-47,51-41-37-49(38-42-51)65-57-33-17-13-29-53(57)54-30-14-18-34-58(54)65)52-43-39-50(40-44-52)66-59-35-19-15-31-55(59)56-32-16-20-36-60(56)66/h1-44H. The highest BCUT2D eigenvalue weighted by Gasteiger charge is 2.53. The van der Waals surface area contributed by atoms with Crippen LogP contribution < -0.4 is 10.4 Å². The summed E-state index contributed by atoms with van der Waals surface area (Å²) in [5.74, 6) is 0. The van der Waals surface area contributed by atoms with E-state index in [-0.39, 0.29) is 0 Å². The quantitative estimate of drug-likeness (QED) is 0.135. The van der Waals surface area contributed by atoms with Gasteiger partial charge in [0, 0.05) is 32.9 Å². The van der Waals surface area contributed by atoms with Crippen molar-refractivity contribution in [2.24, 2.45) is 0 Å². The van der Waals surface area contributed by atoms with Crippen LogP contribution in [0.1, 0.15) is 22.3 Å². The van der Waals surface area contributed by atoms with Gasteiger partial charge in [-0.15, -0.1) is 0 Å². The van der Waals surface area contributed by atoms with Crippen LogP contribution in [-0.4, -0.2) is 17.2 Å². The summed E-state index contributed by atoms with van der Waals surface area (Å²) in [7, 11) is -3.31. The lowest BCUT2D eigenvalue weighted by atomic mass is 9.89. The fourth-order valence-electron chi connectivity index (χ4n) is 11.3. The third-order valence-corrected chi connectivity index (χ3v) is 19.0. The van der Waals surface area contributed by atoms with Crippen LogP contribution >= 0.6 is 0 Å². The van der Waals surface area contributed by atoms with Crippen LogP contribution in [-0.2, 0) is 0 Å². The molecular weight excluding hydrogens is 825 g/mol. The molecule has 0 saturated heterocycles. The minimum Gasteiger partial charge on any atom is -0.309 e. The summed E-state index contributed by atoms with van der Waals surface area (Å²) >= 11 is 0. The molecule has 13 rings (SSSR count). The molecule has 67 heavy (non-hydrogen) atoms. The van der Waals surface area contributed by atoms with E-state index in [1.807, 2.05) is 0 Å². The van der Waals surface area contributed by atoms with Crippen molar-refractivity contribution in [3.8, 4) is 11.4 Å². The van der Waals surface area contributed by atoms with E-state index >= 15 is 0 Å². The molecule has 0 N–H and O–H groups in total. The third-order valence-electron chi connectivity index (χ3n) is 14.0. The summed E-state index contributed by atoms with van der Waals surface area (Å²) in [5, 5.41) is 10.5. The van der Waals surface area contributed by atoms with Gasteiger partial charge in [-0.1, -0.05) is 218 Å². The van der Waals surface area contributed by atoms with Gasteiger partial charge in [-0.05, 0) is 103 Å². The number of hydrogen-bond donors (Lipinski definition) is 0. The van der Waals surface area contributed by atoms with Crippen molar-refractivity contribution in [1.29, 1.82) is 0 Å². The fourth-order valence-corrected chi connectivity index (χ4v) is 16.9. The number of para-hydroxylation sites is 4. The molecule has 12 aromatic rings. The second-order valence-electron chi connectivity index (χ2n) is 17.5. The van der Waals surface area contributed by atoms with Gasteiger partial charge >= 0.3 is 0 Å². The van der Waals surface area contributed by atoms with E-state index in [1.54, 1.807) is 0 Å². The van der Waals surface area contributed by atoms with Gasteiger partial charge in [-0.3, -0.25) is 0 Å². The molecule has 2 aromatic heterocycles. The molecule has 0 atom stereocenters. The van der Waals surface area contributed by atoms with Gasteiger partial charge in [-0.25, -0.2) is 0 Å². The van der Waals surface area contributed by atoms with Gasteiger partial charge < -0.3 is 9.13 Å². The average Bonchev–Trinajstić information content (AvgIpc) is 4.05. The van der Waals surface area contributed by atoms with Crippen LogP contribution in [0.2, 0.25) is 0 Å². The summed E-state index contributed by atoms with van der Waals surface area (Å²) in [4.78, 5) is 0. The lowest BCUT2D eigenvalue weighted by Gasteiger charge is -2.36. The number of rotatable bonds is 8. The topological polar surface area (TPSA) is 9.86 Å². The maximum absolute atomic E-state index is 3.31. The maximum atomic E-state index is 2.47. The molecule has 0 fully saturated rings. The van der Waals surface area contributed by atoms with Crippen LogP contribution in [0.3, 0.4) is 0 Å². The van der Waals surface area contributed by atoms with E-state index in [4.69, 9.17) is 0 Å². The molecule has 314 valence electrons. The molecule has 10 aromatic carbocycles. The summed E-state index contributed by atoms with van der Waals surface area (Å²) in [6.45, 7) is 0. The highest BCUT2D eigenvalue weighted by Crippen LogP contribution is 2.55. The molecule has 0 amide bonds. The predicted octanol–water partition coefficient (Wildman–Crippen LogP) is 14.8. The van der Waals surface area contributed by atoms with E-state index in [9.17, 15) is 0 Å². The highest BCUT2D eigenvalue weighted by atomic mass is 28.3. The molecule has 0 saturated carbocycles. The van der Waals surface area contributed by atoms with E-state index in [2.05, 4.69) is 276 Å². The Morgan fingerprint density at radius 3 is 0.776 bits per heavy atom. The number of benzene rings is 10. The Balaban J connectivity index is 1.16. The van der Waals surface area contributed by atoms with E-state index in [1.165, 1.54) is 97.8 Å². The Morgan fingerprint density at radius 1 is 0.224 bits per heavy atom. The molecule has 1 aliphatic rings. The van der Waals surface area contributed by atoms with Crippen molar-refractivity contribution in [3.63, 3.8) is 0 Å². The smallest absolute Gasteiger partial charge is 0.182 e. The van der Waals surface area contributed by atoms with Crippen LogP contribution in [0.25, 0.3) is 76.5 Å². The summed E-state index contributed by atoms with van der Waals surface area (Å²) in [6, 6.07) is 99.4. The number of fused-ring (bicyclic) bond motifs is 6. The van der Waals surface area contributed by atoms with Gasteiger partial charge in [0.1, 0.15) is 0 Å². The molecule has 0 aliphatic carbocycles. The average molecular weight is 869 g/mol. The molecule has 3 heterocycles. The first-order valence-corrected chi connectivity index (χ1v) is 25.2. The number of hydrogen-bond acceptors (Lipinski definition) is 0. The van der Waals surface area contributed by atoms with Crippen molar-refractivity contribution in [2.45, 2.75) is 0 Å². The normalized spacial score (nSPS) is 13.7. The predicted molar refractivity (Wildman–Crippen MR) is 286 cm³/mol. The maximum Gasteiger partial charge on any atom is 0.182 e. The highest BCUT2D eigenvalue weighted by molar-refractivity contribution is 7.29. The second-order valence-corrected chi connectivity index (χ2v) is 21.2. The number of aromatic nitrogens is 2. The van der Waals surface area contributed by atoms with Crippen molar-refractivity contribution in [2.75, 3.05) is 0 Å². The largest absolute Gasteiger partial charge is 0.309 e. The molecule has 0 bridgehead atoms. The van der Waals surface area contributed by atoms with E-state index in [0.717, 1.165) is 11.4 Å². The second kappa shape index (κ2) is 15.9. The van der Waals surface area contributed by atoms with E-state index in [0.29, 0.717) is 0 Å². The molecule has 3 heteroatoms. The molecule has 1 aliphatic heterocycles. The first-order valence-electron chi connectivity index (χ1n) is 23.2. The fraction of sp³-hybridized carbons (Fsp3) is 0. The molecule has 0 spiro atoms. The van der Waals surface area contributed by atoms with Crippen LogP contribution in [0.15, 0.2) is 267 Å². The minimum atomic E-state index is -3.31. The van der Waals surface area contributed by atoms with Crippen LogP contribution in [0.5, 0.6) is 0 Å². The minimum absolute atomic E-state index is 1.15. The Kier molecular flexibility index (Phi) is 9.22. The van der Waals surface area contributed by atoms with E-state index < -0.39 is 8.07 Å². The zero-order chi connectivity index (χ0) is 44.3. The van der Waals surface area contributed by atoms with Crippen LogP contribution in [0.4, 0.5) is 0 Å². The van der Waals surface area contributed by atoms with Gasteiger partial charge in [0.2, 0.25) is 0 Å². The summed E-state index contributed by atoms with van der Waals surface area (Å²) in [6.07, 6.45) is 0. The molecule has 0 unspecified atom stereocenters. The van der Waals surface area contributed by atoms with Gasteiger partial charge in [0.05, 0.1) is 22.1 Å². The monoisotopic (exact) mass is 868 g/mol. The summed E-state index contributed by atoms with van der Waals surface area (Å²) in [5.41, 5.74) is 14.6. The third kappa shape index (κ3) is 6.02. The van der Waals surface area contributed by atoms with Crippen molar-refractivity contribution < 1.29 is 0 Å². The van der Waals surface area contributed by atoms with Crippen molar-refractivity contribution >= 4 is 83.6 Å². The van der Waals surface area contributed by atoms with Gasteiger partial charge in [-0.2, -0.15) is 0 Å². The Morgan fingerprint density at radius 2 is 0.478 bits per heavy atom. The molecular formula is C64H44N2Si. The SMILES string of the molecule is c1ccc(C2=C(c3ccccc3)[Si](c3ccc(-n4c5ccccc5c5ccccc54)cc3)(c3ccc(-n4c5ccccc5c5ccccc54)cc3)C(c3ccccc3)=C2c2ccccc2)cc1. The summed E-state index contributed by atoms with van der Waals surface area (Å²) < 4.78 is 4.87. The first kappa shape index (κ1) is 38.9. The van der Waals surface area contributed by atoms with Crippen LogP contribution in [0, 0.1) is 0 Å². The molecule has 0 radical (unpaired) electrons. The lowest BCUT2D eigenvalue weighted by molar-refractivity contribution is 1.18. The van der Waals surface area contributed by atoms with Gasteiger partial charge in [0.25, 0.3) is 0 Å². The Hall–Kier alpha value is -8.50. The Bertz CT molecular complexity index is 3500. The van der Waals surface area contributed by atoms with Crippen molar-refractivity contribution in [1.82, 2.24) is 9.13 Å². The molecule has 2 nitrogen and oxygen atoms in total. The van der Waals surface area contributed by atoms with Gasteiger partial charge in [0.15, 0.2) is 8.07 Å².